The molecule has 3 aromatic rings. The minimum absolute atomic E-state index is 0.0702. The molecular weight excluding hydrogens is 364 g/mol. The molecule has 6 nitrogen and oxygen atoms in total. The Hall–Kier alpha value is -3.06. The van der Waals surface area contributed by atoms with Crippen molar-refractivity contribution in [2.75, 3.05) is 6.54 Å². The zero-order valence-electron chi connectivity index (χ0n) is 14.5. The maximum absolute atomic E-state index is 12.9. The summed E-state index contributed by atoms with van der Waals surface area (Å²) < 4.78 is 11.2. The second-order valence-electron chi connectivity index (χ2n) is 6.26. The van der Waals surface area contributed by atoms with Crippen LogP contribution in [0.2, 0.25) is 0 Å². The summed E-state index contributed by atoms with van der Waals surface area (Å²) in [6.45, 7) is 0.642. The number of rotatable bonds is 5. The number of likely N-dealkylation sites (tertiary alicyclic amines) is 1. The third kappa shape index (κ3) is 3.59. The van der Waals surface area contributed by atoms with Gasteiger partial charge in [-0.15, -0.1) is 11.3 Å². The minimum atomic E-state index is -0.448. The van der Waals surface area contributed by atoms with Crippen molar-refractivity contribution in [2.45, 2.75) is 18.9 Å². The number of amides is 2. The van der Waals surface area contributed by atoms with Gasteiger partial charge < -0.3 is 19.8 Å². The van der Waals surface area contributed by atoms with Gasteiger partial charge in [-0.25, -0.2) is 0 Å². The Kier molecular flexibility index (Phi) is 4.68. The van der Waals surface area contributed by atoms with Crippen molar-refractivity contribution in [3.8, 4) is 11.7 Å². The van der Waals surface area contributed by atoms with E-state index in [1.165, 1.54) is 11.3 Å². The first kappa shape index (κ1) is 17.4. The molecule has 2 amide bonds. The molecule has 1 aromatic carbocycles. The lowest BCUT2D eigenvalue weighted by molar-refractivity contribution is 0.0700. The fourth-order valence-corrected chi connectivity index (χ4v) is 4.21. The van der Waals surface area contributed by atoms with Crippen LogP contribution in [0.15, 0.2) is 59.0 Å². The lowest BCUT2D eigenvalue weighted by atomic mass is 10.2. The molecule has 0 unspecified atom stereocenters. The third-order valence-corrected chi connectivity index (χ3v) is 5.67. The molecule has 3 heterocycles. The standard InChI is InChI=1S/C20H18N2O4S/c21-19(23)17-10-9-16(27-17)14-7-4-12-22(14)20(24)15-8-11-18(26-15)25-13-5-2-1-3-6-13/h1-3,5-6,8-11,14H,4,7,12H2,(H2,21,23)/t14-/m1/s1. The van der Waals surface area contributed by atoms with Gasteiger partial charge in [0.2, 0.25) is 0 Å². The summed E-state index contributed by atoms with van der Waals surface area (Å²) in [4.78, 5) is 27.5. The normalized spacial score (nSPS) is 16.4. The van der Waals surface area contributed by atoms with Crippen LogP contribution in [0.1, 0.15) is 44.0 Å². The van der Waals surface area contributed by atoms with E-state index in [0.717, 1.165) is 17.7 Å². The van der Waals surface area contributed by atoms with Gasteiger partial charge in [0.25, 0.3) is 17.8 Å². The molecule has 4 rings (SSSR count). The number of carbonyl (C=O) groups is 2. The largest absolute Gasteiger partial charge is 0.426 e. The van der Waals surface area contributed by atoms with Crippen LogP contribution in [0.5, 0.6) is 11.7 Å². The van der Waals surface area contributed by atoms with Crippen LogP contribution >= 0.6 is 11.3 Å². The van der Waals surface area contributed by atoms with E-state index in [2.05, 4.69) is 0 Å². The van der Waals surface area contributed by atoms with Gasteiger partial charge in [-0.1, -0.05) is 18.2 Å². The highest BCUT2D eigenvalue weighted by molar-refractivity contribution is 7.14. The van der Waals surface area contributed by atoms with E-state index in [1.807, 2.05) is 36.4 Å². The molecule has 0 bridgehead atoms. The fourth-order valence-electron chi connectivity index (χ4n) is 3.21. The molecule has 7 heteroatoms. The second kappa shape index (κ2) is 7.28. The zero-order valence-corrected chi connectivity index (χ0v) is 15.3. The van der Waals surface area contributed by atoms with Crippen LogP contribution in [-0.4, -0.2) is 23.3 Å². The van der Waals surface area contributed by atoms with Crippen molar-refractivity contribution in [1.29, 1.82) is 0 Å². The van der Waals surface area contributed by atoms with Crippen LogP contribution in [-0.2, 0) is 0 Å². The molecule has 1 atom stereocenters. The monoisotopic (exact) mass is 382 g/mol. The molecular formula is C20H18N2O4S. The molecule has 2 aromatic heterocycles. The number of benzene rings is 1. The molecule has 1 saturated heterocycles. The van der Waals surface area contributed by atoms with Crippen molar-refractivity contribution >= 4 is 23.2 Å². The lowest BCUT2D eigenvalue weighted by Crippen LogP contribution is -2.29. The number of nitrogens with two attached hydrogens (primary N) is 1. The number of nitrogens with zero attached hydrogens (tertiary/aromatic N) is 1. The van der Waals surface area contributed by atoms with E-state index in [9.17, 15) is 9.59 Å². The minimum Gasteiger partial charge on any atom is -0.426 e. The molecule has 1 aliphatic rings. The second-order valence-corrected chi connectivity index (χ2v) is 7.37. The third-order valence-electron chi connectivity index (χ3n) is 4.47. The van der Waals surface area contributed by atoms with Crippen LogP contribution in [0.25, 0.3) is 0 Å². The van der Waals surface area contributed by atoms with Crippen LogP contribution < -0.4 is 10.5 Å². The van der Waals surface area contributed by atoms with E-state index in [1.54, 1.807) is 23.1 Å². The van der Waals surface area contributed by atoms with Crippen molar-refractivity contribution in [3.63, 3.8) is 0 Å². The van der Waals surface area contributed by atoms with E-state index < -0.39 is 5.91 Å². The van der Waals surface area contributed by atoms with E-state index in [4.69, 9.17) is 14.9 Å². The van der Waals surface area contributed by atoms with Gasteiger partial charge in [0.05, 0.1) is 10.9 Å². The number of thiophene rings is 1. The molecule has 27 heavy (non-hydrogen) atoms. The number of para-hydroxylation sites is 1. The van der Waals surface area contributed by atoms with Crippen molar-refractivity contribution in [1.82, 2.24) is 4.90 Å². The molecule has 1 fully saturated rings. The van der Waals surface area contributed by atoms with Crippen LogP contribution in [0.4, 0.5) is 0 Å². The number of hydrogen-bond acceptors (Lipinski definition) is 5. The van der Waals surface area contributed by atoms with Gasteiger partial charge in [-0.05, 0) is 43.2 Å². The Morgan fingerprint density at radius 3 is 2.67 bits per heavy atom. The first-order valence-electron chi connectivity index (χ1n) is 8.65. The Labute approximate surface area is 160 Å². The lowest BCUT2D eigenvalue weighted by Gasteiger charge is -2.22. The predicted octanol–water partition coefficient (Wildman–Crippen LogP) is 4.21. The van der Waals surface area contributed by atoms with Crippen molar-refractivity contribution in [2.24, 2.45) is 5.73 Å². The molecule has 1 aliphatic heterocycles. The van der Waals surface area contributed by atoms with Gasteiger partial charge in [-0.2, -0.15) is 0 Å². The highest BCUT2D eigenvalue weighted by atomic mass is 32.1. The number of primary amides is 1. The van der Waals surface area contributed by atoms with Gasteiger partial charge in [0.15, 0.2) is 5.76 Å². The first-order chi connectivity index (χ1) is 13.1. The summed E-state index contributed by atoms with van der Waals surface area (Å²) in [6.07, 6.45) is 1.74. The number of hydrogen-bond donors (Lipinski definition) is 1. The quantitative estimate of drug-likeness (QED) is 0.716. The smallest absolute Gasteiger partial charge is 0.290 e. The highest BCUT2D eigenvalue weighted by Gasteiger charge is 2.33. The Bertz CT molecular complexity index is 963. The van der Waals surface area contributed by atoms with Crippen molar-refractivity contribution < 1.29 is 18.7 Å². The average Bonchev–Trinajstić information content (AvgIpc) is 3.41. The topological polar surface area (TPSA) is 85.8 Å². The summed E-state index contributed by atoms with van der Waals surface area (Å²) in [6, 6.07) is 16.0. The highest BCUT2D eigenvalue weighted by Crippen LogP contribution is 2.37. The number of carbonyl (C=O) groups excluding carboxylic acids is 2. The maximum Gasteiger partial charge on any atom is 0.290 e. The SMILES string of the molecule is NC(=O)c1ccc([C@H]2CCCN2C(=O)c2ccc(Oc3ccccc3)o2)s1. The predicted molar refractivity (Wildman–Crippen MR) is 101 cm³/mol. The summed E-state index contributed by atoms with van der Waals surface area (Å²) >= 11 is 1.34. The van der Waals surface area contributed by atoms with Gasteiger partial charge in [0.1, 0.15) is 5.75 Å². The zero-order chi connectivity index (χ0) is 18.8. The molecule has 0 saturated carbocycles. The van der Waals surface area contributed by atoms with Crippen molar-refractivity contribution in [3.05, 3.63) is 70.1 Å². The Morgan fingerprint density at radius 1 is 1.11 bits per heavy atom. The average molecular weight is 382 g/mol. The number of furan rings is 1. The molecule has 0 aliphatic carbocycles. The molecule has 0 radical (unpaired) electrons. The first-order valence-corrected chi connectivity index (χ1v) is 9.47. The fraction of sp³-hybridized carbons (Fsp3) is 0.200. The molecule has 2 N–H and O–H groups in total. The van der Waals surface area contributed by atoms with Gasteiger partial charge in [0, 0.05) is 17.5 Å². The summed E-state index contributed by atoms with van der Waals surface area (Å²) in [7, 11) is 0. The van der Waals surface area contributed by atoms with E-state index >= 15 is 0 Å². The van der Waals surface area contributed by atoms with E-state index in [0.29, 0.717) is 17.2 Å². The van der Waals surface area contributed by atoms with E-state index in [-0.39, 0.29) is 23.7 Å². The van der Waals surface area contributed by atoms with Crippen LogP contribution in [0, 0.1) is 0 Å². The summed E-state index contributed by atoms with van der Waals surface area (Å²) in [5.74, 6) is 0.514. The van der Waals surface area contributed by atoms with Crippen LogP contribution in [0.3, 0.4) is 0 Å². The summed E-state index contributed by atoms with van der Waals surface area (Å²) in [5.41, 5.74) is 5.34. The molecule has 0 spiro atoms. The maximum atomic E-state index is 12.9. The Morgan fingerprint density at radius 2 is 1.93 bits per heavy atom. The van der Waals surface area contributed by atoms with Gasteiger partial charge >= 0.3 is 0 Å². The Balaban J connectivity index is 1.50. The molecule has 138 valence electrons. The summed E-state index contributed by atoms with van der Waals surface area (Å²) in [5, 5.41) is 0. The number of ether oxygens (including phenoxy) is 1. The van der Waals surface area contributed by atoms with Gasteiger partial charge in [-0.3, -0.25) is 9.59 Å².